The van der Waals surface area contributed by atoms with Crippen molar-refractivity contribution >= 4 is 6.03 Å². The number of piperidine rings is 1. The number of ether oxygens (including phenoxy) is 1. The van der Waals surface area contributed by atoms with Gasteiger partial charge in [-0.1, -0.05) is 19.1 Å². The molecule has 1 aromatic carbocycles. The van der Waals surface area contributed by atoms with Crippen molar-refractivity contribution in [2.45, 2.75) is 70.7 Å². The molecule has 2 N–H and O–H groups in total. The highest BCUT2D eigenvalue weighted by molar-refractivity contribution is 5.75. The maximum absolute atomic E-state index is 12.6. The van der Waals surface area contributed by atoms with E-state index in [1.807, 2.05) is 30.0 Å². The molecule has 1 aromatic rings. The quantitative estimate of drug-likeness (QED) is 0.871. The van der Waals surface area contributed by atoms with Gasteiger partial charge in [-0.05, 0) is 50.7 Å². The van der Waals surface area contributed by atoms with E-state index in [9.17, 15) is 9.90 Å². The van der Waals surface area contributed by atoms with Gasteiger partial charge >= 0.3 is 6.03 Å². The van der Waals surface area contributed by atoms with Crippen LogP contribution in [0.1, 0.15) is 50.2 Å². The second-order valence-corrected chi connectivity index (χ2v) is 7.04. The Balaban J connectivity index is 1.62. The molecule has 0 saturated carbocycles. The summed E-state index contributed by atoms with van der Waals surface area (Å²) in [6.45, 7) is 5.27. The topological polar surface area (TPSA) is 61.8 Å². The first-order valence-electron chi connectivity index (χ1n) is 9.05. The smallest absolute Gasteiger partial charge is 0.318 e. The molecule has 0 spiro atoms. The number of carbonyl (C=O) groups excluding carboxylic acids is 1. The molecule has 2 bridgehead atoms. The molecular formula is C19H28N2O3. The maximum atomic E-state index is 12.6. The summed E-state index contributed by atoms with van der Waals surface area (Å²) in [6.07, 6.45) is 4.13. The predicted molar refractivity (Wildman–Crippen MR) is 93.1 cm³/mol. The van der Waals surface area contributed by atoms with Gasteiger partial charge in [-0.2, -0.15) is 0 Å². The van der Waals surface area contributed by atoms with E-state index in [0.717, 1.165) is 36.1 Å². The summed E-state index contributed by atoms with van der Waals surface area (Å²) in [5.41, 5.74) is 2.16. The van der Waals surface area contributed by atoms with Crippen LogP contribution in [-0.2, 0) is 6.54 Å². The van der Waals surface area contributed by atoms with E-state index < -0.39 is 0 Å². The molecule has 24 heavy (non-hydrogen) atoms. The fourth-order valence-corrected chi connectivity index (χ4v) is 3.90. The molecule has 5 heteroatoms. The number of benzene rings is 1. The lowest BCUT2D eigenvalue weighted by atomic mass is 10.0. The summed E-state index contributed by atoms with van der Waals surface area (Å²) in [4.78, 5) is 14.6. The van der Waals surface area contributed by atoms with E-state index in [4.69, 9.17) is 4.74 Å². The Morgan fingerprint density at radius 3 is 2.71 bits per heavy atom. The average Bonchev–Trinajstić information content (AvgIpc) is 2.83. The number of rotatable bonds is 5. The summed E-state index contributed by atoms with van der Waals surface area (Å²) < 4.78 is 5.82. The van der Waals surface area contributed by atoms with Gasteiger partial charge < -0.3 is 20.1 Å². The van der Waals surface area contributed by atoms with Crippen molar-refractivity contribution in [3.05, 3.63) is 29.3 Å². The van der Waals surface area contributed by atoms with E-state index in [2.05, 4.69) is 12.2 Å². The summed E-state index contributed by atoms with van der Waals surface area (Å²) in [5, 5.41) is 12.9. The van der Waals surface area contributed by atoms with Gasteiger partial charge in [0.05, 0.1) is 12.7 Å². The van der Waals surface area contributed by atoms with E-state index in [1.165, 1.54) is 0 Å². The number of nitrogens with one attached hydrogen (secondary N) is 1. The van der Waals surface area contributed by atoms with E-state index >= 15 is 0 Å². The Morgan fingerprint density at radius 2 is 2.04 bits per heavy atom. The molecule has 0 aliphatic carbocycles. The fraction of sp³-hybridized carbons (Fsp3) is 0.632. The highest BCUT2D eigenvalue weighted by Crippen LogP contribution is 2.35. The molecule has 2 atom stereocenters. The van der Waals surface area contributed by atoms with Crippen molar-refractivity contribution in [3.8, 4) is 5.75 Å². The minimum Gasteiger partial charge on any atom is -0.493 e. The standard InChI is InChI=1S/C19H28N2O3/c1-3-8-24-18-9-13(2)4-5-14(18)12-20-19(23)21-15-6-7-16(21)11-17(22)10-15/h4-5,9,15-17,22H,3,6-8,10-12H2,1-2H3,(H,20,23). The first-order chi connectivity index (χ1) is 11.6. The van der Waals surface area contributed by atoms with E-state index in [0.29, 0.717) is 26.0 Å². The number of aryl methyl sites for hydroxylation is 1. The predicted octanol–water partition coefficient (Wildman–Crippen LogP) is 2.98. The van der Waals surface area contributed by atoms with E-state index in [1.54, 1.807) is 0 Å². The molecular weight excluding hydrogens is 304 g/mol. The maximum Gasteiger partial charge on any atom is 0.318 e. The molecule has 2 aliphatic heterocycles. The van der Waals surface area contributed by atoms with Gasteiger partial charge in [0.1, 0.15) is 5.75 Å². The number of fused-ring (bicyclic) bond motifs is 2. The van der Waals surface area contributed by atoms with Gasteiger partial charge in [0.15, 0.2) is 0 Å². The molecule has 2 saturated heterocycles. The van der Waals surface area contributed by atoms with Crippen LogP contribution in [0.4, 0.5) is 4.79 Å². The largest absolute Gasteiger partial charge is 0.493 e. The Bertz CT molecular complexity index is 576. The van der Waals surface area contributed by atoms with Gasteiger partial charge in [0.25, 0.3) is 0 Å². The molecule has 2 unspecified atom stereocenters. The minimum atomic E-state index is -0.252. The molecule has 2 heterocycles. The second-order valence-electron chi connectivity index (χ2n) is 7.04. The lowest BCUT2D eigenvalue weighted by Gasteiger charge is -2.37. The van der Waals surface area contributed by atoms with Gasteiger partial charge in [-0.15, -0.1) is 0 Å². The summed E-state index contributed by atoms with van der Waals surface area (Å²) in [5.74, 6) is 0.856. The minimum absolute atomic E-state index is 0.0172. The van der Waals surface area contributed by atoms with Crippen molar-refractivity contribution < 1.29 is 14.6 Å². The van der Waals surface area contributed by atoms with Crippen molar-refractivity contribution in [1.29, 1.82) is 0 Å². The Labute approximate surface area is 144 Å². The van der Waals surface area contributed by atoms with Crippen molar-refractivity contribution in [1.82, 2.24) is 10.2 Å². The number of carbonyl (C=O) groups is 1. The molecule has 2 fully saturated rings. The molecule has 2 aliphatic rings. The molecule has 5 nitrogen and oxygen atoms in total. The highest BCUT2D eigenvalue weighted by Gasteiger charge is 2.42. The molecule has 2 amide bonds. The van der Waals surface area contributed by atoms with Crippen molar-refractivity contribution in [2.75, 3.05) is 6.61 Å². The Hall–Kier alpha value is -1.75. The first kappa shape index (κ1) is 17.1. The summed E-state index contributed by atoms with van der Waals surface area (Å²) in [7, 11) is 0. The van der Waals surface area contributed by atoms with Crippen LogP contribution in [0.5, 0.6) is 5.75 Å². The van der Waals surface area contributed by atoms with Crippen LogP contribution in [0.15, 0.2) is 18.2 Å². The molecule has 3 rings (SSSR count). The van der Waals surface area contributed by atoms with Crippen LogP contribution < -0.4 is 10.1 Å². The third kappa shape index (κ3) is 3.66. The lowest BCUT2D eigenvalue weighted by Crippen LogP contribution is -2.51. The van der Waals surface area contributed by atoms with Gasteiger partial charge in [-0.3, -0.25) is 0 Å². The zero-order valence-electron chi connectivity index (χ0n) is 14.6. The third-order valence-electron chi connectivity index (χ3n) is 5.06. The molecule has 0 radical (unpaired) electrons. The number of hydrogen-bond acceptors (Lipinski definition) is 3. The summed E-state index contributed by atoms with van der Waals surface area (Å²) >= 11 is 0. The molecule has 132 valence electrons. The van der Waals surface area contributed by atoms with Crippen LogP contribution in [0.2, 0.25) is 0 Å². The van der Waals surface area contributed by atoms with Crippen molar-refractivity contribution in [3.63, 3.8) is 0 Å². The molecule has 0 aromatic heterocycles. The van der Waals surface area contributed by atoms with Crippen LogP contribution in [0.25, 0.3) is 0 Å². The highest BCUT2D eigenvalue weighted by atomic mass is 16.5. The monoisotopic (exact) mass is 332 g/mol. The number of hydrogen-bond donors (Lipinski definition) is 2. The normalized spacial score (nSPS) is 25.6. The second kappa shape index (κ2) is 7.43. The van der Waals surface area contributed by atoms with Crippen LogP contribution in [-0.4, -0.2) is 40.8 Å². The number of aliphatic hydroxyl groups excluding tert-OH is 1. The zero-order chi connectivity index (χ0) is 17.1. The Kier molecular flexibility index (Phi) is 5.29. The Morgan fingerprint density at radius 1 is 1.33 bits per heavy atom. The fourth-order valence-electron chi connectivity index (χ4n) is 3.90. The first-order valence-corrected chi connectivity index (χ1v) is 9.05. The zero-order valence-corrected chi connectivity index (χ0v) is 14.6. The van der Waals surface area contributed by atoms with Crippen LogP contribution >= 0.6 is 0 Å². The van der Waals surface area contributed by atoms with Crippen molar-refractivity contribution in [2.24, 2.45) is 0 Å². The average molecular weight is 332 g/mol. The van der Waals surface area contributed by atoms with Gasteiger partial charge in [0.2, 0.25) is 0 Å². The van der Waals surface area contributed by atoms with Gasteiger partial charge in [0, 0.05) is 24.2 Å². The van der Waals surface area contributed by atoms with Gasteiger partial charge in [-0.25, -0.2) is 4.79 Å². The van der Waals surface area contributed by atoms with E-state index in [-0.39, 0.29) is 24.2 Å². The number of aliphatic hydroxyl groups is 1. The lowest BCUT2D eigenvalue weighted by molar-refractivity contribution is 0.0541. The number of urea groups is 1. The number of nitrogens with zero attached hydrogens (tertiary/aromatic N) is 1. The van der Waals surface area contributed by atoms with Crippen LogP contribution in [0, 0.1) is 6.92 Å². The van der Waals surface area contributed by atoms with Crippen LogP contribution in [0.3, 0.4) is 0 Å². The third-order valence-corrected chi connectivity index (χ3v) is 5.06. The SMILES string of the molecule is CCCOc1cc(C)ccc1CNC(=O)N1C2CCC1CC(O)C2. The number of amides is 2. The summed E-state index contributed by atoms with van der Waals surface area (Å²) in [6, 6.07) is 6.45.